The minimum atomic E-state index is 0.126. The van der Waals surface area contributed by atoms with Gasteiger partial charge in [-0.25, -0.2) is 0 Å². The summed E-state index contributed by atoms with van der Waals surface area (Å²) in [6, 6.07) is 12.1. The van der Waals surface area contributed by atoms with E-state index in [9.17, 15) is 4.79 Å². The van der Waals surface area contributed by atoms with E-state index in [1.54, 1.807) is 0 Å². The number of likely N-dealkylation sites (tertiary alicyclic amines) is 1. The Balaban J connectivity index is 1.29. The Morgan fingerprint density at radius 2 is 2.00 bits per heavy atom. The summed E-state index contributed by atoms with van der Waals surface area (Å²) >= 11 is 0. The number of nitrogens with one attached hydrogen (secondary N) is 1. The van der Waals surface area contributed by atoms with Crippen LogP contribution in [0.3, 0.4) is 0 Å². The van der Waals surface area contributed by atoms with Gasteiger partial charge in [0.05, 0.1) is 0 Å². The van der Waals surface area contributed by atoms with Crippen molar-refractivity contribution < 1.29 is 4.79 Å². The molecule has 6 nitrogen and oxygen atoms in total. The molecule has 3 aromatic heterocycles. The molecule has 2 aliphatic rings. The van der Waals surface area contributed by atoms with Crippen molar-refractivity contribution in [2.75, 3.05) is 13.1 Å². The van der Waals surface area contributed by atoms with Crippen molar-refractivity contribution in [3.05, 3.63) is 65.2 Å². The minimum Gasteiger partial charge on any atom is -0.358 e. The van der Waals surface area contributed by atoms with Gasteiger partial charge in [-0.15, -0.1) is 10.2 Å². The molecular weight excluding hydrogens is 374 g/mol. The van der Waals surface area contributed by atoms with E-state index in [0.29, 0.717) is 6.54 Å². The van der Waals surface area contributed by atoms with Crippen molar-refractivity contribution in [2.45, 2.75) is 44.4 Å². The Kier molecular flexibility index (Phi) is 4.11. The number of hydrogen-bond acceptors (Lipinski definition) is 3. The molecule has 1 aromatic carbocycles. The number of pyridine rings is 1. The van der Waals surface area contributed by atoms with Crippen molar-refractivity contribution in [3.8, 4) is 0 Å². The van der Waals surface area contributed by atoms with Crippen LogP contribution in [0.4, 0.5) is 0 Å². The molecule has 6 heteroatoms. The first-order chi connectivity index (χ1) is 14.8. The molecule has 1 aliphatic carbocycles. The number of amides is 1. The first-order valence-electron chi connectivity index (χ1n) is 11.0. The summed E-state index contributed by atoms with van der Waals surface area (Å²) in [4.78, 5) is 18.9. The second-order valence-corrected chi connectivity index (χ2v) is 8.63. The van der Waals surface area contributed by atoms with Crippen LogP contribution in [0, 0.1) is 0 Å². The second-order valence-electron chi connectivity index (χ2n) is 8.63. The summed E-state index contributed by atoms with van der Waals surface area (Å²) in [5.74, 6) is 1.29. The number of carbonyl (C=O) groups excluding carboxylic acids is 1. The van der Waals surface area contributed by atoms with Crippen LogP contribution in [-0.4, -0.2) is 43.5 Å². The molecule has 4 aromatic rings. The Hall–Kier alpha value is -3.15. The van der Waals surface area contributed by atoms with Crippen LogP contribution in [-0.2, 0) is 12.8 Å². The van der Waals surface area contributed by atoms with Gasteiger partial charge >= 0.3 is 0 Å². The molecule has 0 radical (unpaired) electrons. The van der Waals surface area contributed by atoms with Crippen molar-refractivity contribution in [1.29, 1.82) is 0 Å². The highest BCUT2D eigenvalue weighted by Gasteiger charge is 2.29. The number of H-pyrrole nitrogens is 1. The number of benzene rings is 1. The van der Waals surface area contributed by atoms with Crippen molar-refractivity contribution in [2.24, 2.45) is 0 Å². The summed E-state index contributed by atoms with van der Waals surface area (Å²) in [5.41, 5.74) is 5.58. The van der Waals surface area contributed by atoms with E-state index in [2.05, 4.69) is 31.7 Å². The predicted octanol–water partition coefficient (Wildman–Crippen LogP) is 4.11. The first-order valence-corrected chi connectivity index (χ1v) is 11.0. The lowest BCUT2D eigenvalue weighted by molar-refractivity contribution is 0.0704. The quantitative estimate of drug-likeness (QED) is 0.552. The van der Waals surface area contributed by atoms with Gasteiger partial charge < -0.3 is 9.88 Å². The summed E-state index contributed by atoms with van der Waals surface area (Å²) in [7, 11) is 0. The molecule has 1 unspecified atom stereocenters. The third kappa shape index (κ3) is 2.82. The number of carbonyl (C=O) groups is 1. The maximum Gasteiger partial charge on any atom is 0.253 e. The first kappa shape index (κ1) is 17.7. The number of rotatable bonds is 2. The van der Waals surface area contributed by atoms with E-state index in [1.165, 1.54) is 29.5 Å². The highest BCUT2D eigenvalue weighted by atomic mass is 16.2. The predicted molar refractivity (Wildman–Crippen MR) is 116 cm³/mol. The van der Waals surface area contributed by atoms with E-state index in [0.717, 1.165) is 54.8 Å². The van der Waals surface area contributed by atoms with E-state index < -0.39 is 0 Å². The Morgan fingerprint density at radius 3 is 2.97 bits per heavy atom. The fourth-order valence-electron chi connectivity index (χ4n) is 5.23. The van der Waals surface area contributed by atoms with E-state index in [-0.39, 0.29) is 11.8 Å². The molecule has 0 saturated carbocycles. The number of nitrogens with zero attached hydrogens (tertiary/aromatic N) is 4. The lowest BCUT2D eigenvalue weighted by atomic mass is 9.94. The average molecular weight is 399 g/mol. The van der Waals surface area contributed by atoms with Gasteiger partial charge in [-0.05, 0) is 74.4 Å². The highest BCUT2D eigenvalue weighted by molar-refractivity contribution is 5.99. The molecule has 1 fully saturated rings. The molecule has 4 heterocycles. The van der Waals surface area contributed by atoms with Gasteiger partial charge in [0.2, 0.25) is 0 Å². The molecule has 1 N–H and O–H groups in total. The fraction of sp³-hybridized carbons (Fsp3) is 0.375. The molecule has 6 rings (SSSR count). The van der Waals surface area contributed by atoms with Gasteiger partial charge in [0.1, 0.15) is 5.82 Å². The van der Waals surface area contributed by atoms with E-state index >= 15 is 0 Å². The monoisotopic (exact) mass is 399 g/mol. The standard InChI is InChI=1S/C24H25N5O/c30-24(16-10-11-21-19(14-16)18-7-1-2-8-20(18)25-21)28-12-5-6-17(15-28)23-27-26-22-9-3-4-13-29(22)23/h3-4,9-11,13-14,17,25H,1-2,5-8,12,15H2. The van der Waals surface area contributed by atoms with Crippen LogP contribution >= 0.6 is 0 Å². The van der Waals surface area contributed by atoms with E-state index in [1.807, 2.05) is 35.4 Å². The Bertz CT molecular complexity index is 1250. The van der Waals surface area contributed by atoms with Crippen LogP contribution in [0.25, 0.3) is 16.6 Å². The number of aryl methyl sites for hydroxylation is 2. The molecule has 152 valence electrons. The molecular formula is C24H25N5O. The average Bonchev–Trinajstić information content (AvgIpc) is 3.40. The Labute approximate surface area is 174 Å². The summed E-state index contributed by atoms with van der Waals surface area (Å²) in [5, 5.41) is 9.96. The lowest BCUT2D eigenvalue weighted by Gasteiger charge is -2.32. The molecule has 1 amide bonds. The lowest BCUT2D eigenvalue weighted by Crippen LogP contribution is -2.39. The highest BCUT2D eigenvalue weighted by Crippen LogP contribution is 2.31. The zero-order valence-electron chi connectivity index (χ0n) is 17.0. The Morgan fingerprint density at radius 1 is 1.07 bits per heavy atom. The molecule has 1 saturated heterocycles. The SMILES string of the molecule is O=C(c1ccc2[nH]c3c(c2c1)CCCC3)N1CCCC(c2nnc3ccccn23)C1. The molecule has 0 spiro atoms. The van der Waals surface area contributed by atoms with Crippen molar-refractivity contribution in [3.63, 3.8) is 0 Å². The van der Waals surface area contributed by atoms with Gasteiger partial charge in [-0.1, -0.05) is 6.07 Å². The van der Waals surface area contributed by atoms with Gasteiger partial charge in [-0.3, -0.25) is 9.20 Å². The van der Waals surface area contributed by atoms with Gasteiger partial charge in [0, 0.05) is 47.4 Å². The van der Waals surface area contributed by atoms with Gasteiger partial charge in [0.25, 0.3) is 5.91 Å². The van der Waals surface area contributed by atoms with Crippen LogP contribution in [0.15, 0.2) is 42.6 Å². The third-order valence-electron chi connectivity index (χ3n) is 6.76. The summed E-state index contributed by atoms with van der Waals surface area (Å²) < 4.78 is 2.05. The molecule has 1 atom stereocenters. The zero-order chi connectivity index (χ0) is 20.1. The van der Waals surface area contributed by atoms with E-state index in [4.69, 9.17) is 0 Å². The van der Waals surface area contributed by atoms with Crippen molar-refractivity contribution in [1.82, 2.24) is 24.5 Å². The smallest absolute Gasteiger partial charge is 0.253 e. The largest absolute Gasteiger partial charge is 0.358 e. The maximum atomic E-state index is 13.4. The van der Waals surface area contributed by atoms with Gasteiger partial charge in [0.15, 0.2) is 5.65 Å². The number of aromatic amines is 1. The topological polar surface area (TPSA) is 66.3 Å². The van der Waals surface area contributed by atoms with Crippen LogP contribution in [0.5, 0.6) is 0 Å². The second kappa shape index (κ2) is 6.97. The summed E-state index contributed by atoms with van der Waals surface area (Å²) in [6.07, 6.45) is 8.74. The van der Waals surface area contributed by atoms with Crippen LogP contribution < -0.4 is 0 Å². The minimum absolute atomic E-state index is 0.126. The number of hydrogen-bond donors (Lipinski definition) is 1. The fourth-order valence-corrected chi connectivity index (χ4v) is 5.23. The van der Waals surface area contributed by atoms with Crippen LogP contribution in [0.1, 0.15) is 59.0 Å². The normalized spacial score (nSPS) is 19.3. The third-order valence-corrected chi connectivity index (χ3v) is 6.76. The molecule has 0 bridgehead atoms. The van der Waals surface area contributed by atoms with Crippen molar-refractivity contribution >= 4 is 22.5 Å². The number of piperidine rings is 1. The zero-order valence-corrected chi connectivity index (χ0v) is 17.0. The number of fused-ring (bicyclic) bond motifs is 4. The maximum absolute atomic E-state index is 13.4. The summed E-state index contributed by atoms with van der Waals surface area (Å²) in [6.45, 7) is 1.49. The van der Waals surface area contributed by atoms with Crippen LogP contribution in [0.2, 0.25) is 0 Å². The van der Waals surface area contributed by atoms with Gasteiger partial charge in [-0.2, -0.15) is 0 Å². The molecule has 30 heavy (non-hydrogen) atoms. The number of aromatic nitrogens is 4. The molecule has 1 aliphatic heterocycles.